The largest absolute Gasteiger partial charge is 0.481 e. The fourth-order valence-corrected chi connectivity index (χ4v) is 4.04. The molecule has 2 aromatic heterocycles. The number of hydrogen-bond acceptors (Lipinski definition) is 9. The first-order valence-corrected chi connectivity index (χ1v) is 10.4. The maximum absolute atomic E-state index is 13.2. The molecule has 1 saturated heterocycles. The average Bonchev–Trinajstić information content (AvgIpc) is 2.76. The maximum Gasteiger partial charge on any atom is 0.316 e. The Bertz CT molecular complexity index is 1140. The summed E-state index contributed by atoms with van der Waals surface area (Å²) >= 11 is 0. The van der Waals surface area contributed by atoms with Crippen LogP contribution in [0.4, 0.5) is 11.6 Å². The number of anilines is 2. The first-order chi connectivity index (χ1) is 15.4. The fourth-order valence-electron chi connectivity index (χ4n) is 4.04. The Morgan fingerprint density at radius 3 is 2.56 bits per heavy atom. The summed E-state index contributed by atoms with van der Waals surface area (Å²) < 4.78 is 10.4. The van der Waals surface area contributed by atoms with Gasteiger partial charge in [0, 0.05) is 54.2 Å². The van der Waals surface area contributed by atoms with E-state index in [0.29, 0.717) is 34.7 Å². The van der Waals surface area contributed by atoms with Crippen LogP contribution in [0.25, 0.3) is 10.9 Å². The van der Waals surface area contributed by atoms with Crippen molar-refractivity contribution in [3.63, 3.8) is 0 Å². The minimum absolute atomic E-state index is 0.162. The Morgan fingerprint density at radius 1 is 1.12 bits per heavy atom. The third-order valence-electron chi connectivity index (χ3n) is 5.30. The number of fused-ring (bicyclic) bond motifs is 1. The van der Waals surface area contributed by atoms with Crippen molar-refractivity contribution in [2.75, 3.05) is 37.5 Å². The van der Waals surface area contributed by atoms with Gasteiger partial charge >= 0.3 is 6.01 Å². The van der Waals surface area contributed by atoms with Crippen LogP contribution in [0.15, 0.2) is 24.4 Å². The molecule has 0 aliphatic carbocycles. The second kappa shape index (κ2) is 8.91. The number of aryl methyl sites for hydroxylation is 1. The van der Waals surface area contributed by atoms with Crippen LogP contribution in [0.1, 0.15) is 29.9 Å². The number of aromatic nitrogens is 4. The zero-order valence-electron chi connectivity index (χ0n) is 18.8. The van der Waals surface area contributed by atoms with Gasteiger partial charge in [-0.2, -0.15) is 9.97 Å². The smallest absolute Gasteiger partial charge is 0.316 e. The highest BCUT2D eigenvalue weighted by Gasteiger charge is 2.25. The molecule has 0 bridgehead atoms. The van der Waals surface area contributed by atoms with Gasteiger partial charge in [0.15, 0.2) is 0 Å². The van der Waals surface area contributed by atoms with Crippen LogP contribution in [0.5, 0.6) is 11.9 Å². The lowest BCUT2D eigenvalue weighted by molar-refractivity contribution is 0.102. The molecule has 168 valence electrons. The molecule has 0 unspecified atom stereocenters. The van der Waals surface area contributed by atoms with Crippen LogP contribution in [0, 0.1) is 6.92 Å². The van der Waals surface area contributed by atoms with Gasteiger partial charge in [-0.25, -0.2) is 9.97 Å². The first kappa shape index (κ1) is 21.7. The molecule has 2 N–H and O–H groups in total. The van der Waals surface area contributed by atoms with Crippen molar-refractivity contribution in [1.82, 2.24) is 25.3 Å². The van der Waals surface area contributed by atoms with E-state index in [0.717, 1.165) is 24.2 Å². The minimum atomic E-state index is -0.378. The summed E-state index contributed by atoms with van der Waals surface area (Å²) in [5.41, 5.74) is 2.54. The molecule has 32 heavy (non-hydrogen) atoms. The number of methoxy groups -OCH3 is 2. The number of carbonyl (C=O) groups is 1. The Balaban J connectivity index is 1.75. The Kier molecular flexibility index (Phi) is 6.04. The highest BCUT2D eigenvalue weighted by atomic mass is 16.5. The lowest BCUT2D eigenvalue weighted by atomic mass is 10.0. The van der Waals surface area contributed by atoms with Crippen molar-refractivity contribution in [3.8, 4) is 11.9 Å². The summed E-state index contributed by atoms with van der Waals surface area (Å²) in [6.45, 7) is 7.80. The van der Waals surface area contributed by atoms with Crippen molar-refractivity contribution < 1.29 is 14.3 Å². The zero-order valence-corrected chi connectivity index (χ0v) is 18.8. The quantitative estimate of drug-likeness (QED) is 0.620. The van der Waals surface area contributed by atoms with E-state index in [1.807, 2.05) is 6.07 Å². The number of rotatable bonds is 5. The SMILES string of the molecule is COc1cc(C)nc(NC(=O)c2ccc(N3C[C@H](C)N[C@@H](C)C3)c3cnc(OC)nc23)n1. The van der Waals surface area contributed by atoms with Gasteiger partial charge in [0.1, 0.15) is 0 Å². The molecule has 1 aliphatic rings. The third-order valence-corrected chi connectivity index (χ3v) is 5.30. The summed E-state index contributed by atoms with van der Waals surface area (Å²) in [5, 5.41) is 7.07. The number of nitrogens with one attached hydrogen (secondary N) is 2. The molecular weight excluding hydrogens is 410 g/mol. The van der Waals surface area contributed by atoms with Gasteiger partial charge in [-0.05, 0) is 32.9 Å². The molecule has 3 heterocycles. The Morgan fingerprint density at radius 2 is 1.88 bits per heavy atom. The van der Waals surface area contributed by atoms with E-state index < -0.39 is 0 Å². The molecule has 0 saturated carbocycles. The van der Waals surface area contributed by atoms with Crippen molar-refractivity contribution in [1.29, 1.82) is 0 Å². The number of amides is 1. The molecular formula is C22H27N7O3. The molecule has 1 aromatic carbocycles. The lowest BCUT2D eigenvalue weighted by Crippen LogP contribution is -2.54. The summed E-state index contributed by atoms with van der Waals surface area (Å²) in [7, 11) is 3.01. The van der Waals surface area contributed by atoms with Crippen molar-refractivity contribution in [3.05, 3.63) is 35.7 Å². The van der Waals surface area contributed by atoms with E-state index in [1.165, 1.54) is 14.2 Å². The molecule has 0 spiro atoms. The second-order valence-electron chi connectivity index (χ2n) is 7.95. The predicted octanol–water partition coefficient (Wildman–Crippen LogP) is 2.18. The number of ether oxygens (including phenoxy) is 2. The second-order valence-corrected chi connectivity index (χ2v) is 7.95. The van der Waals surface area contributed by atoms with E-state index in [9.17, 15) is 4.79 Å². The summed E-state index contributed by atoms with van der Waals surface area (Å²) in [4.78, 5) is 32.7. The average molecular weight is 438 g/mol. The number of nitrogens with zero attached hydrogens (tertiary/aromatic N) is 5. The Labute approximate surface area is 186 Å². The van der Waals surface area contributed by atoms with E-state index in [2.05, 4.69) is 49.3 Å². The van der Waals surface area contributed by atoms with Crippen LogP contribution >= 0.6 is 0 Å². The third kappa shape index (κ3) is 4.40. The van der Waals surface area contributed by atoms with Gasteiger partial charge in [0.2, 0.25) is 11.8 Å². The van der Waals surface area contributed by atoms with Crippen LogP contribution in [0.3, 0.4) is 0 Å². The summed E-state index contributed by atoms with van der Waals surface area (Å²) in [6, 6.07) is 6.26. The summed E-state index contributed by atoms with van der Waals surface area (Å²) in [5.74, 6) is 0.158. The lowest BCUT2D eigenvalue weighted by Gasteiger charge is -2.38. The maximum atomic E-state index is 13.2. The number of benzene rings is 1. The molecule has 10 heteroatoms. The van der Waals surface area contributed by atoms with Gasteiger partial charge in [0.05, 0.1) is 25.3 Å². The van der Waals surface area contributed by atoms with Gasteiger partial charge in [-0.3, -0.25) is 10.1 Å². The van der Waals surface area contributed by atoms with Gasteiger partial charge < -0.3 is 19.7 Å². The van der Waals surface area contributed by atoms with Crippen LogP contribution in [0.2, 0.25) is 0 Å². The molecule has 4 rings (SSSR count). The summed E-state index contributed by atoms with van der Waals surface area (Å²) in [6.07, 6.45) is 1.71. The van der Waals surface area contributed by atoms with Gasteiger partial charge in [-0.1, -0.05) is 0 Å². The molecule has 1 fully saturated rings. The fraction of sp³-hybridized carbons (Fsp3) is 0.409. The van der Waals surface area contributed by atoms with Gasteiger partial charge in [0.25, 0.3) is 5.91 Å². The zero-order chi connectivity index (χ0) is 22.8. The molecule has 1 aliphatic heterocycles. The standard InChI is InChI=1S/C22H27N7O3/c1-12-8-18(31-4)26-21(25-12)28-20(30)15-6-7-17(29-10-13(2)24-14(3)11-29)16-9-23-22(32-5)27-19(15)16/h6-9,13-14,24H,10-11H2,1-5H3,(H,25,26,28,30)/t13-,14-/m0/s1. The van der Waals surface area contributed by atoms with Crippen LogP contribution in [-0.2, 0) is 0 Å². The van der Waals surface area contributed by atoms with E-state index in [4.69, 9.17) is 9.47 Å². The highest BCUT2D eigenvalue weighted by molar-refractivity contribution is 6.13. The number of piperazine rings is 1. The monoisotopic (exact) mass is 437 g/mol. The predicted molar refractivity (Wildman–Crippen MR) is 122 cm³/mol. The molecule has 10 nitrogen and oxygen atoms in total. The minimum Gasteiger partial charge on any atom is -0.481 e. The topological polar surface area (TPSA) is 114 Å². The molecule has 2 atom stereocenters. The van der Waals surface area contributed by atoms with E-state index >= 15 is 0 Å². The van der Waals surface area contributed by atoms with Crippen molar-refractivity contribution in [2.24, 2.45) is 0 Å². The van der Waals surface area contributed by atoms with Crippen LogP contribution in [-0.4, -0.2) is 65.2 Å². The molecule has 0 radical (unpaired) electrons. The normalized spacial score (nSPS) is 18.5. The molecule has 3 aromatic rings. The highest BCUT2D eigenvalue weighted by Crippen LogP contribution is 2.31. The van der Waals surface area contributed by atoms with E-state index in [-0.39, 0.29) is 17.9 Å². The van der Waals surface area contributed by atoms with E-state index in [1.54, 1.807) is 25.3 Å². The van der Waals surface area contributed by atoms with Crippen LogP contribution < -0.4 is 25.0 Å². The van der Waals surface area contributed by atoms with Crippen molar-refractivity contribution in [2.45, 2.75) is 32.9 Å². The number of hydrogen-bond donors (Lipinski definition) is 2. The first-order valence-electron chi connectivity index (χ1n) is 10.4. The van der Waals surface area contributed by atoms with Crippen molar-refractivity contribution >= 4 is 28.4 Å². The number of carbonyl (C=O) groups excluding carboxylic acids is 1. The van der Waals surface area contributed by atoms with Gasteiger partial charge in [-0.15, -0.1) is 0 Å². The Hall–Kier alpha value is -3.53. The molecule has 1 amide bonds.